The van der Waals surface area contributed by atoms with Gasteiger partial charge in [0.1, 0.15) is 6.79 Å². The number of thioether (sulfide) groups is 1. The Morgan fingerprint density at radius 2 is 2.31 bits per heavy atom. The van der Waals surface area contributed by atoms with Crippen molar-refractivity contribution in [2.75, 3.05) is 26.3 Å². The summed E-state index contributed by atoms with van der Waals surface area (Å²) in [5.41, 5.74) is 1.35. The summed E-state index contributed by atoms with van der Waals surface area (Å²) >= 11 is 3.60. The highest BCUT2D eigenvalue weighted by Gasteiger charge is 2.01. The Morgan fingerprint density at radius 1 is 1.50 bits per heavy atom. The second-order valence-corrected chi connectivity index (χ2v) is 5.52. The Balaban J connectivity index is 1.98. The third-order valence-corrected chi connectivity index (χ3v) is 4.40. The Labute approximate surface area is 105 Å². The average molecular weight is 262 g/mol. The molecule has 0 saturated heterocycles. The zero-order valence-corrected chi connectivity index (χ0v) is 11.5. The van der Waals surface area contributed by atoms with Crippen molar-refractivity contribution in [2.24, 2.45) is 0 Å². The molecule has 0 aliphatic heterocycles. The third-order valence-electron chi connectivity index (χ3n) is 1.99. The smallest absolute Gasteiger partial charge is 0.157 e. The van der Waals surface area contributed by atoms with Crippen LogP contribution in [0, 0.1) is 6.92 Å². The third kappa shape index (κ3) is 5.32. The first-order valence-corrected chi connectivity index (χ1v) is 6.99. The summed E-state index contributed by atoms with van der Waals surface area (Å²) < 4.78 is 16.8. The number of aryl methyl sites for hydroxylation is 1. The molecule has 0 amide bonds. The van der Waals surface area contributed by atoms with E-state index in [1.54, 1.807) is 18.4 Å². The van der Waals surface area contributed by atoms with Crippen molar-refractivity contribution in [3.63, 3.8) is 0 Å². The number of hydrogen-bond acceptors (Lipinski definition) is 5. The van der Waals surface area contributed by atoms with Crippen molar-refractivity contribution >= 4 is 23.1 Å². The molecule has 0 aliphatic rings. The first-order valence-electron chi connectivity index (χ1n) is 5.13. The molecule has 0 aromatic carbocycles. The van der Waals surface area contributed by atoms with Crippen LogP contribution in [0.25, 0.3) is 0 Å². The maximum Gasteiger partial charge on any atom is 0.157 e. The number of ether oxygens (including phenoxy) is 3. The van der Waals surface area contributed by atoms with Crippen LogP contribution in [0.15, 0.2) is 15.7 Å². The fraction of sp³-hybridized carbons (Fsp3) is 0.636. The van der Waals surface area contributed by atoms with Gasteiger partial charge in [0, 0.05) is 12.9 Å². The molecule has 0 radical (unpaired) electrons. The summed E-state index contributed by atoms with van der Waals surface area (Å²) in [5.74, 6) is 0.950. The molecule has 0 bridgehead atoms. The number of rotatable bonds is 8. The van der Waals surface area contributed by atoms with Crippen LogP contribution in [-0.2, 0) is 14.2 Å². The number of methoxy groups -OCH3 is 1. The highest BCUT2D eigenvalue weighted by Crippen LogP contribution is 2.27. The molecule has 3 nitrogen and oxygen atoms in total. The minimum atomic E-state index is -0.202. The molecule has 0 fully saturated rings. The van der Waals surface area contributed by atoms with E-state index in [2.05, 4.69) is 18.4 Å². The molecular formula is C11H18O3S2. The standard InChI is InChI=1S/C11H18O3S2/c1-9-4-6-15-11(9)16-7-5-13-8-14-10(2)12-3/h4,6,10H,5,7-8H2,1-3H3. The highest BCUT2D eigenvalue weighted by atomic mass is 32.2. The van der Waals surface area contributed by atoms with Crippen molar-refractivity contribution < 1.29 is 14.2 Å². The first-order chi connectivity index (χ1) is 7.74. The lowest BCUT2D eigenvalue weighted by Crippen LogP contribution is -2.13. The molecule has 0 spiro atoms. The predicted octanol–water partition coefficient (Wildman–Crippen LogP) is 3.13. The summed E-state index contributed by atoms with van der Waals surface area (Å²) in [5, 5.41) is 2.11. The summed E-state index contributed by atoms with van der Waals surface area (Å²) in [6.45, 7) is 4.95. The molecule has 16 heavy (non-hydrogen) atoms. The van der Waals surface area contributed by atoms with Gasteiger partial charge in [-0.1, -0.05) is 0 Å². The van der Waals surface area contributed by atoms with Crippen LogP contribution in [0.1, 0.15) is 12.5 Å². The molecule has 0 aliphatic carbocycles. The van der Waals surface area contributed by atoms with Crippen LogP contribution in [0.5, 0.6) is 0 Å². The summed E-state index contributed by atoms with van der Waals surface area (Å²) in [4.78, 5) is 0. The average Bonchev–Trinajstić information content (AvgIpc) is 2.69. The van der Waals surface area contributed by atoms with Gasteiger partial charge in [0.15, 0.2) is 6.29 Å². The van der Waals surface area contributed by atoms with Crippen LogP contribution in [0.4, 0.5) is 0 Å². The molecule has 92 valence electrons. The van der Waals surface area contributed by atoms with Crippen molar-refractivity contribution in [3.05, 3.63) is 17.0 Å². The lowest BCUT2D eigenvalue weighted by Gasteiger charge is -2.10. The lowest BCUT2D eigenvalue weighted by atomic mass is 10.4. The zero-order valence-electron chi connectivity index (χ0n) is 9.89. The molecule has 0 N–H and O–H groups in total. The predicted molar refractivity (Wildman–Crippen MR) is 68.2 cm³/mol. The van der Waals surface area contributed by atoms with Gasteiger partial charge in [0.25, 0.3) is 0 Å². The second-order valence-electron chi connectivity index (χ2n) is 3.24. The maximum absolute atomic E-state index is 5.33. The Bertz CT molecular complexity index is 289. The lowest BCUT2D eigenvalue weighted by molar-refractivity contribution is -0.172. The van der Waals surface area contributed by atoms with Crippen molar-refractivity contribution in [3.8, 4) is 0 Å². The van der Waals surface area contributed by atoms with E-state index in [1.165, 1.54) is 9.77 Å². The Hall–Kier alpha value is -0.0700. The van der Waals surface area contributed by atoms with E-state index in [9.17, 15) is 0 Å². The highest BCUT2D eigenvalue weighted by molar-refractivity contribution is 8.01. The van der Waals surface area contributed by atoms with Gasteiger partial charge in [-0.05, 0) is 30.9 Å². The minimum absolute atomic E-state index is 0.202. The molecule has 1 rings (SSSR count). The zero-order chi connectivity index (χ0) is 11.8. The minimum Gasteiger partial charge on any atom is -0.356 e. The normalized spacial score (nSPS) is 12.9. The van der Waals surface area contributed by atoms with Gasteiger partial charge in [0.2, 0.25) is 0 Å². The van der Waals surface area contributed by atoms with E-state index in [1.807, 2.05) is 18.7 Å². The SMILES string of the molecule is COC(C)OCOCCSc1sccc1C. The molecule has 1 aromatic heterocycles. The van der Waals surface area contributed by atoms with Crippen molar-refractivity contribution in [1.82, 2.24) is 0 Å². The van der Waals surface area contributed by atoms with Gasteiger partial charge in [-0.15, -0.1) is 23.1 Å². The van der Waals surface area contributed by atoms with Gasteiger partial charge in [0.05, 0.1) is 10.8 Å². The number of thiophene rings is 1. The maximum atomic E-state index is 5.33. The van der Waals surface area contributed by atoms with E-state index in [0.717, 1.165) is 5.75 Å². The van der Waals surface area contributed by atoms with Crippen LogP contribution < -0.4 is 0 Å². The van der Waals surface area contributed by atoms with Crippen molar-refractivity contribution in [1.29, 1.82) is 0 Å². The fourth-order valence-corrected chi connectivity index (χ4v) is 2.99. The molecule has 1 atom stereocenters. The first kappa shape index (κ1) is 14.0. The quantitative estimate of drug-likeness (QED) is 0.409. The second kappa shape index (κ2) is 8.08. The van der Waals surface area contributed by atoms with E-state index in [0.29, 0.717) is 13.4 Å². The van der Waals surface area contributed by atoms with E-state index in [-0.39, 0.29) is 6.29 Å². The van der Waals surface area contributed by atoms with Crippen LogP contribution in [0.2, 0.25) is 0 Å². The topological polar surface area (TPSA) is 27.7 Å². The Morgan fingerprint density at radius 3 is 2.94 bits per heavy atom. The molecule has 1 heterocycles. The summed E-state index contributed by atoms with van der Waals surface area (Å²) in [7, 11) is 1.61. The van der Waals surface area contributed by atoms with Crippen LogP contribution in [0.3, 0.4) is 0 Å². The largest absolute Gasteiger partial charge is 0.356 e. The molecule has 5 heteroatoms. The van der Waals surface area contributed by atoms with E-state index < -0.39 is 0 Å². The van der Waals surface area contributed by atoms with Gasteiger partial charge >= 0.3 is 0 Å². The molecule has 1 aromatic rings. The van der Waals surface area contributed by atoms with Gasteiger partial charge in [-0.3, -0.25) is 0 Å². The van der Waals surface area contributed by atoms with Crippen molar-refractivity contribution in [2.45, 2.75) is 24.3 Å². The van der Waals surface area contributed by atoms with E-state index in [4.69, 9.17) is 14.2 Å². The Kier molecular flexibility index (Phi) is 7.07. The summed E-state index contributed by atoms with van der Waals surface area (Å²) in [6.07, 6.45) is -0.202. The van der Waals surface area contributed by atoms with E-state index >= 15 is 0 Å². The number of hydrogen-bond donors (Lipinski definition) is 0. The fourth-order valence-electron chi connectivity index (χ4n) is 0.971. The monoisotopic (exact) mass is 262 g/mol. The molecule has 1 unspecified atom stereocenters. The van der Waals surface area contributed by atoms with Crippen LogP contribution in [-0.4, -0.2) is 32.6 Å². The summed E-state index contributed by atoms with van der Waals surface area (Å²) in [6, 6.07) is 2.14. The van der Waals surface area contributed by atoms with Gasteiger partial charge in [-0.25, -0.2) is 0 Å². The molecular weight excluding hydrogens is 244 g/mol. The molecule has 0 saturated carbocycles. The van der Waals surface area contributed by atoms with Gasteiger partial charge < -0.3 is 14.2 Å². The van der Waals surface area contributed by atoms with Gasteiger partial charge in [-0.2, -0.15) is 0 Å². The van der Waals surface area contributed by atoms with Crippen LogP contribution >= 0.6 is 23.1 Å².